The van der Waals surface area contributed by atoms with E-state index >= 15 is 0 Å². The molecule has 0 aliphatic heterocycles. The highest BCUT2D eigenvalue weighted by Crippen LogP contribution is 2.20. The summed E-state index contributed by atoms with van der Waals surface area (Å²) in [7, 11) is 0. The number of halogens is 2. The summed E-state index contributed by atoms with van der Waals surface area (Å²) in [6.07, 6.45) is 2.55. The summed E-state index contributed by atoms with van der Waals surface area (Å²) >= 11 is 5.84. The molecule has 0 saturated heterocycles. The van der Waals surface area contributed by atoms with Gasteiger partial charge < -0.3 is 5.11 Å². The molecule has 0 fully saturated rings. The van der Waals surface area contributed by atoms with Gasteiger partial charge in [0.15, 0.2) is 0 Å². The van der Waals surface area contributed by atoms with E-state index < -0.39 is 0 Å². The Bertz CT molecular complexity index is 301. The molecule has 1 rings (SSSR count). The van der Waals surface area contributed by atoms with Crippen LogP contribution in [0.4, 0.5) is 4.39 Å². The number of aliphatic hydroxyl groups is 1. The van der Waals surface area contributed by atoms with Crippen LogP contribution in [-0.4, -0.2) is 11.2 Å². The SMILES string of the molecule is CCC(O)C[CH]c1cc(F)ccc1Cl. The van der Waals surface area contributed by atoms with Gasteiger partial charge in [0.05, 0.1) is 6.10 Å². The summed E-state index contributed by atoms with van der Waals surface area (Å²) in [6.45, 7) is 1.89. The fourth-order valence-electron chi connectivity index (χ4n) is 1.10. The van der Waals surface area contributed by atoms with Crippen molar-refractivity contribution >= 4 is 11.6 Å². The van der Waals surface area contributed by atoms with Crippen LogP contribution in [0.3, 0.4) is 0 Å². The number of hydrogen-bond donors (Lipinski definition) is 1. The van der Waals surface area contributed by atoms with Crippen LogP contribution in [-0.2, 0) is 0 Å². The highest BCUT2D eigenvalue weighted by molar-refractivity contribution is 6.31. The lowest BCUT2D eigenvalue weighted by Crippen LogP contribution is -2.04. The van der Waals surface area contributed by atoms with Crippen molar-refractivity contribution in [1.82, 2.24) is 0 Å². The minimum Gasteiger partial charge on any atom is -0.393 e. The lowest BCUT2D eigenvalue weighted by molar-refractivity contribution is 0.170. The van der Waals surface area contributed by atoms with E-state index in [0.717, 1.165) is 0 Å². The first-order chi connectivity index (χ1) is 6.63. The summed E-state index contributed by atoms with van der Waals surface area (Å²) in [5.41, 5.74) is 0.638. The highest BCUT2D eigenvalue weighted by atomic mass is 35.5. The van der Waals surface area contributed by atoms with E-state index in [2.05, 4.69) is 0 Å². The maximum atomic E-state index is 12.8. The molecule has 0 bridgehead atoms. The summed E-state index contributed by atoms with van der Waals surface area (Å²) < 4.78 is 12.8. The monoisotopic (exact) mass is 215 g/mol. The third-order valence-electron chi connectivity index (χ3n) is 2.04. The van der Waals surface area contributed by atoms with Crippen molar-refractivity contribution in [3.05, 3.63) is 41.0 Å². The van der Waals surface area contributed by atoms with E-state index in [4.69, 9.17) is 11.6 Å². The van der Waals surface area contributed by atoms with Crippen LogP contribution in [0.1, 0.15) is 25.3 Å². The lowest BCUT2D eigenvalue weighted by atomic mass is 10.1. The largest absolute Gasteiger partial charge is 0.393 e. The molecule has 1 unspecified atom stereocenters. The van der Waals surface area contributed by atoms with Crippen molar-refractivity contribution in [3.8, 4) is 0 Å². The second-order valence-electron chi connectivity index (χ2n) is 3.17. The Morgan fingerprint density at radius 2 is 2.29 bits per heavy atom. The van der Waals surface area contributed by atoms with E-state index in [1.165, 1.54) is 18.2 Å². The first-order valence-corrected chi connectivity index (χ1v) is 4.97. The molecular formula is C11H13ClFO. The lowest BCUT2D eigenvalue weighted by Gasteiger charge is -2.08. The van der Waals surface area contributed by atoms with Gasteiger partial charge in [0.2, 0.25) is 0 Å². The number of benzene rings is 1. The topological polar surface area (TPSA) is 20.2 Å². The van der Waals surface area contributed by atoms with Crippen LogP contribution in [0.25, 0.3) is 0 Å². The van der Waals surface area contributed by atoms with Gasteiger partial charge in [-0.1, -0.05) is 18.5 Å². The molecule has 1 N–H and O–H groups in total. The molecule has 1 aromatic rings. The third kappa shape index (κ3) is 3.28. The van der Waals surface area contributed by atoms with Gasteiger partial charge >= 0.3 is 0 Å². The molecule has 0 aliphatic carbocycles. The fourth-order valence-corrected chi connectivity index (χ4v) is 1.30. The van der Waals surface area contributed by atoms with Gasteiger partial charge in [-0.3, -0.25) is 0 Å². The molecule has 3 heteroatoms. The Labute approximate surface area is 88.5 Å². The van der Waals surface area contributed by atoms with Crippen molar-refractivity contribution in [2.24, 2.45) is 0 Å². The summed E-state index contributed by atoms with van der Waals surface area (Å²) in [4.78, 5) is 0. The number of aliphatic hydroxyl groups excluding tert-OH is 1. The van der Waals surface area contributed by atoms with E-state index in [1.54, 1.807) is 6.42 Å². The van der Waals surface area contributed by atoms with E-state index in [9.17, 15) is 9.50 Å². The maximum absolute atomic E-state index is 12.8. The van der Waals surface area contributed by atoms with Gasteiger partial charge in [0.25, 0.3) is 0 Å². The van der Waals surface area contributed by atoms with Gasteiger partial charge in [0.1, 0.15) is 5.82 Å². The van der Waals surface area contributed by atoms with Crippen LogP contribution in [0.15, 0.2) is 18.2 Å². The molecule has 1 nitrogen and oxygen atoms in total. The molecule has 0 aromatic heterocycles. The van der Waals surface area contributed by atoms with Gasteiger partial charge in [-0.15, -0.1) is 0 Å². The van der Waals surface area contributed by atoms with Crippen LogP contribution < -0.4 is 0 Å². The minimum absolute atomic E-state index is 0.313. The molecule has 1 radical (unpaired) electrons. The Balaban J connectivity index is 2.62. The quantitative estimate of drug-likeness (QED) is 0.818. The fraction of sp³-hybridized carbons (Fsp3) is 0.364. The summed E-state index contributed by atoms with van der Waals surface area (Å²) in [5, 5.41) is 9.82. The van der Waals surface area contributed by atoms with E-state index in [0.29, 0.717) is 23.4 Å². The molecule has 0 aliphatic rings. The molecule has 0 spiro atoms. The molecule has 1 atom stereocenters. The predicted molar refractivity (Wildman–Crippen MR) is 55.7 cm³/mol. The van der Waals surface area contributed by atoms with Crippen LogP contribution >= 0.6 is 11.6 Å². The van der Waals surface area contributed by atoms with E-state index in [-0.39, 0.29) is 11.9 Å². The van der Waals surface area contributed by atoms with Gasteiger partial charge in [-0.25, -0.2) is 4.39 Å². The van der Waals surface area contributed by atoms with Crippen molar-refractivity contribution in [2.75, 3.05) is 0 Å². The standard InChI is InChI=1S/C11H13ClFO/c1-2-10(14)5-3-8-7-9(13)4-6-11(8)12/h3-4,6-7,10,14H,2,5H2,1H3. The summed E-state index contributed by atoms with van der Waals surface area (Å²) in [5.74, 6) is -0.313. The normalized spacial score (nSPS) is 12.9. The molecule has 0 amide bonds. The van der Waals surface area contributed by atoms with Crippen molar-refractivity contribution in [1.29, 1.82) is 0 Å². The molecule has 0 heterocycles. The second-order valence-corrected chi connectivity index (χ2v) is 3.57. The maximum Gasteiger partial charge on any atom is 0.123 e. The zero-order valence-corrected chi connectivity index (χ0v) is 8.76. The number of rotatable bonds is 4. The summed E-state index contributed by atoms with van der Waals surface area (Å²) in [6, 6.07) is 4.20. The molecule has 14 heavy (non-hydrogen) atoms. The minimum atomic E-state index is -0.380. The molecule has 77 valence electrons. The van der Waals surface area contributed by atoms with Crippen LogP contribution in [0.2, 0.25) is 5.02 Å². The second kappa shape index (κ2) is 5.32. The molecule has 1 aromatic carbocycles. The zero-order chi connectivity index (χ0) is 10.6. The van der Waals surface area contributed by atoms with Crippen molar-refractivity contribution in [3.63, 3.8) is 0 Å². The molecule has 0 saturated carbocycles. The Morgan fingerprint density at radius 3 is 2.93 bits per heavy atom. The Morgan fingerprint density at radius 1 is 1.57 bits per heavy atom. The Hall–Kier alpha value is -0.600. The van der Waals surface area contributed by atoms with Crippen LogP contribution in [0, 0.1) is 12.2 Å². The smallest absolute Gasteiger partial charge is 0.123 e. The van der Waals surface area contributed by atoms with E-state index in [1.807, 2.05) is 6.92 Å². The van der Waals surface area contributed by atoms with Gasteiger partial charge in [-0.05, 0) is 43.0 Å². The van der Waals surface area contributed by atoms with Crippen molar-refractivity contribution in [2.45, 2.75) is 25.9 Å². The van der Waals surface area contributed by atoms with Gasteiger partial charge in [-0.2, -0.15) is 0 Å². The highest BCUT2D eigenvalue weighted by Gasteiger charge is 2.06. The first-order valence-electron chi connectivity index (χ1n) is 4.59. The third-order valence-corrected chi connectivity index (χ3v) is 2.38. The van der Waals surface area contributed by atoms with Crippen LogP contribution in [0.5, 0.6) is 0 Å². The average molecular weight is 216 g/mol. The van der Waals surface area contributed by atoms with Crippen molar-refractivity contribution < 1.29 is 9.50 Å². The first kappa shape index (κ1) is 11.5. The average Bonchev–Trinajstić information content (AvgIpc) is 2.19. The Kier molecular flexibility index (Phi) is 4.36. The zero-order valence-electron chi connectivity index (χ0n) is 8.00. The van der Waals surface area contributed by atoms with Gasteiger partial charge in [0, 0.05) is 5.02 Å². The number of hydrogen-bond acceptors (Lipinski definition) is 1. The predicted octanol–water partition coefficient (Wildman–Crippen LogP) is 3.19. The molecular weight excluding hydrogens is 203 g/mol.